The van der Waals surface area contributed by atoms with Crippen molar-refractivity contribution in [1.29, 1.82) is 0 Å². The average Bonchev–Trinajstić information content (AvgIpc) is 2.70. The Morgan fingerprint density at radius 1 is 1.31 bits per heavy atom. The van der Waals surface area contributed by atoms with Crippen molar-refractivity contribution in [2.45, 2.75) is 46.7 Å². The molecule has 0 unspecified atom stereocenters. The fourth-order valence-corrected chi connectivity index (χ4v) is 2.25. The van der Waals surface area contributed by atoms with Crippen molar-refractivity contribution in [3.8, 4) is 0 Å². The van der Waals surface area contributed by atoms with Gasteiger partial charge in [0.2, 0.25) is 5.13 Å². The zero-order chi connectivity index (χ0) is 12.0. The lowest BCUT2D eigenvalue weighted by Crippen LogP contribution is -2.29. The van der Waals surface area contributed by atoms with E-state index in [9.17, 15) is 0 Å². The molecule has 92 valence electrons. The van der Waals surface area contributed by atoms with Gasteiger partial charge in [-0.15, -0.1) is 10.2 Å². The maximum atomic E-state index is 4.20. The van der Waals surface area contributed by atoms with Crippen molar-refractivity contribution >= 4 is 16.5 Å². The topological polar surface area (TPSA) is 41.1 Å². The van der Waals surface area contributed by atoms with Crippen molar-refractivity contribution in [1.82, 2.24) is 15.1 Å². The third-order valence-electron chi connectivity index (χ3n) is 2.47. The first-order chi connectivity index (χ1) is 7.67. The maximum Gasteiger partial charge on any atom is 0.205 e. The summed E-state index contributed by atoms with van der Waals surface area (Å²) in [6, 6.07) is 0.556. The minimum Gasteiger partial charge on any atom is -0.360 e. The minimum absolute atomic E-state index is 0.556. The van der Waals surface area contributed by atoms with Crippen LogP contribution in [0.15, 0.2) is 0 Å². The van der Waals surface area contributed by atoms with Gasteiger partial charge in [-0.25, -0.2) is 0 Å². The summed E-state index contributed by atoms with van der Waals surface area (Å²) in [5.41, 5.74) is 0. The number of nitrogens with zero attached hydrogens (tertiary/aromatic N) is 3. The monoisotopic (exact) mass is 242 g/mol. The molecule has 1 aromatic rings. The highest BCUT2D eigenvalue weighted by Crippen LogP contribution is 2.17. The molecule has 0 spiro atoms. The van der Waals surface area contributed by atoms with Gasteiger partial charge in [0.25, 0.3) is 0 Å². The predicted octanol–water partition coefficient (Wildman–Crippen LogP) is 2.59. The molecule has 4 nitrogen and oxygen atoms in total. The summed E-state index contributed by atoms with van der Waals surface area (Å²) in [5, 5.41) is 13.6. The SMILES string of the molecule is CCCNc1nnc(CN(CC)C(C)C)s1. The highest BCUT2D eigenvalue weighted by molar-refractivity contribution is 7.15. The Labute approximate surface area is 102 Å². The summed E-state index contributed by atoms with van der Waals surface area (Å²) in [4.78, 5) is 2.38. The molecule has 0 aromatic carbocycles. The van der Waals surface area contributed by atoms with Crippen LogP contribution in [0.25, 0.3) is 0 Å². The van der Waals surface area contributed by atoms with Crippen molar-refractivity contribution in [3.05, 3.63) is 5.01 Å². The van der Waals surface area contributed by atoms with Crippen LogP contribution in [0.2, 0.25) is 0 Å². The number of hydrogen-bond acceptors (Lipinski definition) is 5. The molecular weight excluding hydrogens is 220 g/mol. The zero-order valence-electron chi connectivity index (χ0n) is 10.7. The van der Waals surface area contributed by atoms with E-state index >= 15 is 0 Å². The van der Waals surface area contributed by atoms with Crippen LogP contribution >= 0.6 is 11.3 Å². The molecule has 0 fully saturated rings. The van der Waals surface area contributed by atoms with Crippen LogP contribution in [0.4, 0.5) is 5.13 Å². The molecule has 1 heterocycles. The zero-order valence-corrected chi connectivity index (χ0v) is 11.5. The van der Waals surface area contributed by atoms with Gasteiger partial charge in [0.1, 0.15) is 5.01 Å². The van der Waals surface area contributed by atoms with Gasteiger partial charge in [-0.2, -0.15) is 0 Å². The first-order valence-electron chi connectivity index (χ1n) is 5.97. The van der Waals surface area contributed by atoms with Gasteiger partial charge in [-0.05, 0) is 26.8 Å². The van der Waals surface area contributed by atoms with E-state index in [0.717, 1.165) is 36.2 Å². The normalized spacial score (nSPS) is 11.4. The van der Waals surface area contributed by atoms with Crippen molar-refractivity contribution in [3.63, 3.8) is 0 Å². The third kappa shape index (κ3) is 4.06. The number of nitrogens with one attached hydrogen (secondary N) is 1. The summed E-state index contributed by atoms with van der Waals surface area (Å²) < 4.78 is 0. The quantitative estimate of drug-likeness (QED) is 0.798. The van der Waals surface area contributed by atoms with Crippen LogP contribution in [0.5, 0.6) is 0 Å². The van der Waals surface area contributed by atoms with Crippen molar-refractivity contribution < 1.29 is 0 Å². The van der Waals surface area contributed by atoms with E-state index in [0.29, 0.717) is 6.04 Å². The molecule has 5 heteroatoms. The van der Waals surface area contributed by atoms with Gasteiger partial charge in [-0.1, -0.05) is 25.2 Å². The Balaban J connectivity index is 2.50. The van der Waals surface area contributed by atoms with Crippen LogP contribution in [0, 0.1) is 0 Å². The molecule has 1 N–H and O–H groups in total. The highest BCUT2D eigenvalue weighted by atomic mass is 32.1. The summed E-state index contributed by atoms with van der Waals surface area (Å²) in [6.07, 6.45) is 1.11. The van der Waals surface area contributed by atoms with Crippen LogP contribution in [0.1, 0.15) is 39.1 Å². The molecule has 16 heavy (non-hydrogen) atoms. The van der Waals surface area contributed by atoms with Gasteiger partial charge >= 0.3 is 0 Å². The van der Waals surface area contributed by atoms with E-state index in [1.165, 1.54) is 0 Å². The molecule has 0 radical (unpaired) electrons. The first kappa shape index (κ1) is 13.4. The third-order valence-corrected chi connectivity index (χ3v) is 3.33. The molecular formula is C11H22N4S. The number of anilines is 1. The van der Waals surface area contributed by atoms with Crippen LogP contribution < -0.4 is 5.32 Å². The van der Waals surface area contributed by atoms with Gasteiger partial charge in [0.05, 0.1) is 6.54 Å². The van der Waals surface area contributed by atoms with Gasteiger partial charge in [-0.3, -0.25) is 4.90 Å². The first-order valence-corrected chi connectivity index (χ1v) is 6.79. The summed E-state index contributed by atoms with van der Waals surface area (Å²) in [6.45, 7) is 11.7. The van der Waals surface area contributed by atoms with Crippen LogP contribution in [0.3, 0.4) is 0 Å². The largest absolute Gasteiger partial charge is 0.360 e. The Bertz CT molecular complexity index is 298. The Morgan fingerprint density at radius 2 is 2.06 bits per heavy atom. The Hall–Kier alpha value is -0.680. The Kier molecular flexibility index (Phi) is 5.69. The molecule has 0 saturated carbocycles. The second kappa shape index (κ2) is 6.81. The lowest BCUT2D eigenvalue weighted by Gasteiger charge is -2.22. The molecule has 0 aliphatic rings. The van der Waals surface area contributed by atoms with E-state index < -0.39 is 0 Å². The molecule has 0 aliphatic heterocycles. The summed E-state index contributed by atoms with van der Waals surface area (Å²) >= 11 is 1.66. The number of hydrogen-bond donors (Lipinski definition) is 1. The van der Waals surface area contributed by atoms with Crippen molar-refractivity contribution in [2.24, 2.45) is 0 Å². The second-order valence-electron chi connectivity index (χ2n) is 4.08. The minimum atomic E-state index is 0.556. The standard InChI is InChI=1S/C11H22N4S/c1-5-7-12-11-14-13-10(16-11)8-15(6-2)9(3)4/h9H,5-8H2,1-4H3,(H,12,14). The highest BCUT2D eigenvalue weighted by Gasteiger charge is 2.11. The fraction of sp³-hybridized carbons (Fsp3) is 0.818. The van der Waals surface area contributed by atoms with Crippen LogP contribution in [-0.2, 0) is 6.54 Å². The molecule has 1 aromatic heterocycles. The lowest BCUT2D eigenvalue weighted by molar-refractivity contribution is 0.224. The second-order valence-corrected chi connectivity index (χ2v) is 5.15. The molecule has 0 amide bonds. The van der Waals surface area contributed by atoms with Gasteiger partial charge < -0.3 is 5.32 Å². The Morgan fingerprint density at radius 3 is 2.62 bits per heavy atom. The lowest BCUT2D eigenvalue weighted by atomic mass is 10.3. The molecule has 1 rings (SSSR count). The van der Waals surface area contributed by atoms with E-state index in [-0.39, 0.29) is 0 Å². The molecule has 0 atom stereocenters. The van der Waals surface area contributed by atoms with Crippen LogP contribution in [-0.4, -0.2) is 34.2 Å². The predicted molar refractivity (Wildman–Crippen MR) is 69.9 cm³/mol. The van der Waals surface area contributed by atoms with Gasteiger partial charge in [0.15, 0.2) is 0 Å². The number of rotatable bonds is 7. The van der Waals surface area contributed by atoms with Gasteiger partial charge in [0, 0.05) is 12.6 Å². The molecule has 0 saturated heterocycles. The summed E-state index contributed by atoms with van der Waals surface area (Å²) in [5.74, 6) is 0. The van der Waals surface area contributed by atoms with E-state index in [2.05, 4.69) is 48.1 Å². The number of aromatic nitrogens is 2. The smallest absolute Gasteiger partial charge is 0.205 e. The molecule has 0 bridgehead atoms. The average molecular weight is 242 g/mol. The van der Waals surface area contributed by atoms with E-state index in [4.69, 9.17) is 0 Å². The van der Waals surface area contributed by atoms with E-state index in [1.54, 1.807) is 11.3 Å². The fourth-order valence-electron chi connectivity index (χ4n) is 1.45. The molecule has 0 aliphatic carbocycles. The van der Waals surface area contributed by atoms with E-state index in [1.807, 2.05) is 0 Å². The summed E-state index contributed by atoms with van der Waals surface area (Å²) in [7, 11) is 0. The maximum absolute atomic E-state index is 4.20. The van der Waals surface area contributed by atoms with Crippen molar-refractivity contribution in [2.75, 3.05) is 18.4 Å².